The van der Waals surface area contributed by atoms with Gasteiger partial charge in [-0.3, -0.25) is 4.90 Å². The van der Waals surface area contributed by atoms with Crippen LogP contribution in [-0.2, 0) is 11.3 Å². The second kappa shape index (κ2) is 8.91. The highest BCUT2D eigenvalue weighted by atomic mass is 19.4. The molecule has 5 nitrogen and oxygen atoms in total. The molecular formula is C19H24F6N2O3. The van der Waals surface area contributed by atoms with Gasteiger partial charge in [-0.25, -0.2) is 4.79 Å². The van der Waals surface area contributed by atoms with Crippen molar-refractivity contribution >= 4 is 6.09 Å². The number of hydrogen-bond donors (Lipinski definition) is 0. The van der Waals surface area contributed by atoms with Crippen LogP contribution >= 0.6 is 0 Å². The summed E-state index contributed by atoms with van der Waals surface area (Å²) in [5.74, 6) is 0.718. The van der Waals surface area contributed by atoms with E-state index in [1.54, 1.807) is 7.11 Å². The number of rotatable bonds is 5. The number of amides is 1. The highest BCUT2D eigenvalue weighted by Crippen LogP contribution is 2.36. The van der Waals surface area contributed by atoms with Gasteiger partial charge < -0.3 is 14.4 Å². The zero-order chi connectivity index (χ0) is 22.7. The van der Waals surface area contributed by atoms with Crippen molar-refractivity contribution in [1.29, 1.82) is 0 Å². The maximum atomic E-state index is 12.6. The van der Waals surface area contributed by atoms with Crippen LogP contribution in [0.15, 0.2) is 24.3 Å². The lowest BCUT2D eigenvalue weighted by atomic mass is 9.88. The lowest BCUT2D eigenvalue weighted by Crippen LogP contribution is -2.54. The Balaban J connectivity index is 1.95. The Hall–Kier alpha value is -2.17. The van der Waals surface area contributed by atoms with Crippen molar-refractivity contribution in [3.63, 3.8) is 0 Å². The minimum absolute atomic E-state index is 0.00921. The zero-order valence-corrected chi connectivity index (χ0v) is 16.8. The van der Waals surface area contributed by atoms with Gasteiger partial charge in [-0.2, -0.15) is 26.3 Å². The molecule has 0 radical (unpaired) electrons. The topological polar surface area (TPSA) is 42.0 Å². The molecule has 1 heterocycles. The predicted molar refractivity (Wildman–Crippen MR) is 96.1 cm³/mol. The molecule has 0 aromatic heterocycles. The number of halogens is 6. The fraction of sp³-hybridized carbons (Fsp3) is 0.632. The number of hydrogen-bond acceptors (Lipinski definition) is 4. The average Bonchev–Trinajstić information content (AvgIpc) is 2.65. The first-order valence-electron chi connectivity index (χ1n) is 9.19. The highest BCUT2D eigenvalue weighted by Gasteiger charge is 2.60. The number of piperidine rings is 1. The molecule has 0 atom stereocenters. The summed E-state index contributed by atoms with van der Waals surface area (Å²) >= 11 is 0. The van der Waals surface area contributed by atoms with Crippen molar-refractivity contribution in [2.24, 2.45) is 0 Å². The number of benzene rings is 1. The fourth-order valence-electron chi connectivity index (χ4n) is 3.24. The Bertz CT molecular complexity index is 698. The van der Waals surface area contributed by atoms with Crippen molar-refractivity contribution in [1.82, 2.24) is 9.80 Å². The number of methoxy groups -OCH3 is 1. The first kappa shape index (κ1) is 24.1. The number of carbonyl (C=O) groups is 1. The van der Waals surface area contributed by atoms with E-state index in [9.17, 15) is 31.1 Å². The van der Waals surface area contributed by atoms with Crippen molar-refractivity contribution in [2.75, 3.05) is 27.2 Å². The molecule has 1 aromatic rings. The summed E-state index contributed by atoms with van der Waals surface area (Å²) in [5.41, 5.74) is 0.629. The van der Waals surface area contributed by atoms with E-state index < -0.39 is 24.5 Å². The molecule has 170 valence electrons. The molecular weight excluding hydrogens is 418 g/mol. The van der Waals surface area contributed by atoms with E-state index in [1.165, 1.54) is 0 Å². The van der Waals surface area contributed by atoms with Gasteiger partial charge in [0.25, 0.3) is 6.10 Å². The Morgan fingerprint density at radius 1 is 1.10 bits per heavy atom. The molecule has 1 amide bonds. The molecule has 1 fully saturated rings. The minimum Gasteiger partial charge on any atom is -0.497 e. The van der Waals surface area contributed by atoms with Gasteiger partial charge in [0.15, 0.2) is 0 Å². The summed E-state index contributed by atoms with van der Waals surface area (Å²) in [7, 11) is 3.44. The summed E-state index contributed by atoms with van der Waals surface area (Å²) in [6.07, 6.45) is -16.5. The maximum absolute atomic E-state index is 12.6. The largest absolute Gasteiger partial charge is 0.497 e. The summed E-state index contributed by atoms with van der Waals surface area (Å²) in [4.78, 5) is 14.8. The number of nitrogens with zero attached hydrogens (tertiary/aromatic N) is 2. The van der Waals surface area contributed by atoms with E-state index >= 15 is 0 Å². The van der Waals surface area contributed by atoms with E-state index in [0.29, 0.717) is 19.4 Å². The minimum atomic E-state index is -5.73. The molecule has 30 heavy (non-hydrogen) atoms. The first-order chi connectivity index (χ1) is 13.8. The van der Waals surface area contributed by atoms with Gasteiger partial charge in [-0.15, -0.1) is 0 Å². The number of carbonyl (C=O) groups excluding carboxylic acids is 1. The normalized spacial score (nSPS) is 17.4. The van der Waals surface area contributed by atoms with Crippen LogP contribution in [0.2, 0.25) is 0 Å². The molecule has 0 spiro atoms. The molecule has 0 N–H and O–H groups in total. The second-order valence-corrected chi connectivity index (χ2v) is 7.54. The van der Waals surface area contributed by atoms with Crippen LogP contribution in [0.3, 0.4) is 0 Å². The fourth-order valence-corrected chi connectivity index (χ4v) is 3.24. The van der Waals surface area contributed by atoms with Crippen LogP contribution in [0.4, 0.5) is 31.1 Å². The van der Waals surface area contributed by atoms with Crippen molar-refractivity contribution in [3.05, 3.63) is 29.8 Å². The van der Waals surface area contributed by atoms with Gasteiger partial charge >= 0.3 is 18.4 Å². The molecule has 0 saturated carbocycles. The predicted octanol–water partition coefficient (Wildman–Crippen LogP) is 4.61. The lowest BCUT2D eigenvalue weighted by Gasteiger charge is -2.45. The van der Waals surface area contributed by atoms with Crippen LogP contribution in [-0.4, -0.2) is 67.1 Å². The summed E-state index contributed by atoms with van der Waals surface area (Å²) in [6.45, 7) is 2.50. The van der Waals surface area contributed by atoms with E-state index in [-0.39, 0.29) is 18.6 Å². The van der Waals surface area contributed by atoms with Crippen LogP contribution in [0.25, 0.3) is 0 Å². The number of alkyl halides is 6. The van der Waals surface area contributed by atoms with Crippen LogP contribution in [0.1, 0.15) is 25.3 Å². The molecule has 0 unspecified atom stereocenters. The number of likely N-dealkylation sites (tertiary alicyclic amines) is 1. The molecule has 0 aliphatic carbocycles. The van der Waals surface area contributed by atoms with E-state index in [0.717, 1.165) is 16.2 Å². The standard InChI is InChI=1S/C19H24F6N2O3/c1-17(26(2)12-13-4-6-14(29-3)7-5-13)8-10-27(11-9-17)16(28)30-15(18(20,21)22)19(23,24)25/h4-7,15H,8-12H2,1-3H3. The van der Waals surface area contributed by atoms with Gasteiger partial charge in [0, 0.05) is 25.2 Å². The van der Waals surface area contributed by atoms with E-state index in [4.69, 9.17) is 4.74 Å². The van der Waals surface area contributed by atoms with Gasteiger partial charge in [0.05, 0.1) is 7.11 Å². The van der Waals surface area contributed by atoms with Gasteiger partial charge in [0.1, 0.15) is 5.75 Å². The first-order valence-corrected chi connectivity index (χ1v) is 9.19. The molecule has 1 aromatic carbocycles. The zero-order valence-electron chi connectivity index (χ0n) is 16.8. The van der Waals surface area contributed by atoms with E-state index in [2.05, 4.69) is 4.74 Å². The summed E-state index contributed by atoms with van der Waals surface area (Å²) in [5, 5.41) is 0. The molecule has 1 aliphatic rings. The van der Waals surface area contributed by atoms with Crippen molar-refractivity contribution < 1.29 is 40.6 Å². The van der Waals surface area contributed by atoms with Crippen LogP contribution in [0.5, 0.6) is 5.75 Å². The third kappa shape index (κ3) is 5.93. The van der Waals surface area contributed by atoms with Crippen LogP contribution in [0, 0.1) is 0 Å². The summed E-state index contributed by atoms with van der Waals surface area (Å²) in [6, 6.07) is 7.45. The third-order valence-corrected chi connectivity index (χ3v) is 5.41. The van der Waals surface area contributed by atoms with Crippen molar-refractivity contribution in [2.45, 2.75) is 50.3 Å². The SMILES string of the molecule is COc1ccc(CN(C)C2(C)CCN(C(=O)OC(C(F)(F)F)C(F)(F)F)CC2)cc1. The Kier molecular flexibility index (Phi) is 7.16. The quantitative estimate of drug-likeness (QED) is 0.625. The molecule has 2 rings (SSSR count). The van der Waals surface area contributed by atoms with Crippen molar-refractivity contribution in [3.8, 4) is 5.75 Å². The average molecular weight is 442 g/mol. The molecule has 1 aliphatic heterocycles. The van der Waals surface area contributed by atoms with E-state index in [1.807, 2.05) is 43.1 Å². The third-order valence-electron chi connectivity index (χ3n) is 5.41. The molecule has 11 heteroatoms. The van der Waals surface area contributed by atoms with Gasteiger partial charge in [-0.1, -0.05) is 12.1 Å². The Morgan fingerprint density at radius 2 is 1.60 bits per heavy atom. The van der Waals surface area contributed by atoms with Gasteiger partial charge in [0.2, 0.25) is 0 Å². The smallest absolute Gasteiger partial charge is 0.434 e. The van der Waals surface area contributed by atoms with Crippen LogP contribution < -0.4 is 4.74 Å². The van der Waals surface area contributed by atoms with Gasteiger partial charge in [-0.05, 0) is 44.5 Å². The Labute approximate surface area is 170 Å². The highest BCUT2D eigenvalue weighted by molar-refractivity contribution is 5.68. The second-order valence-electron chi connectivity index (χ2n) is 7.54. The molecule has 0 bridgehead atoms. The molecule has 1 saturated heterocycles. The lowest BCUT2D eigenvalue weighted by molar-refractivity contribution is -0.308. The number of ether oxygens (including phenoxy) is 2. The monoisotopic (exact) mass is 442 g/mol. The Morgan fingerprint density at radius 3 is 2.03 bits per heavy atom. The summed E-state index contributed by atoms with van der Waals surface area (Å²) < 4.78 is 84.5. The maximum Gasteiger partial charge on any atom is 0.434 e.